The molecule has 0 radical (unpaired) electrons. The van der Waals surface area contributed by atoms with Crippen LogP contribution in [0.5, 0.6) is 0 Å². The minimum atomic E-state index is -0.269. The van der Waals surface area contributed by atoms with Crippen molar-refractivity contribution in [3.63, 3.8) is 0 Å². The highest BCUT2D eigenvalue weighted by atomic mass is 32.1. The van der Waals surface area contributed by atoms with Crippen LogP contribution in [-0.4, -0.2) is 51.9 Å². The molecular formula is C25H30N8OS. The second kappa shape index (κ2) is 11.7. The molecule has 0 unspecified atom stereocenters. The number of nitrogens with one attached hydrogen (secondary N) is 2. The van der Waals surface area contributed by atoms with Gasteiger partial charge in [0.25, 0.3) is 5.91 Å². The Hall–Kier alpha value is -3.55. The van der Waals surface area contributed by atoms with Crippen LogP contribution in [0.2, 0.25) is 0 Å². The lowest BCUT2D eigenvalue weighted by Crippen LogP contribution is -2.38. The van der Waals surface area contributed by atoms with Crippen molar-refractivity contribution in [3.8, 4) is 16.8 Å². The number of carbonyl (C=O) groups excluding carboxylic acids is 1. The van der Waals surface area contributed by atoms with Gasteiger partial charge in [0.15, 0.2) is 0 Å². The number of anilines is 2. The molecule has 0 bridgehead atoms. The van der Waals surface area contributed by atoms with Crippen molar-refractivity contribution in [1.82, 2.24) is 25.2 Å². The fraction of sp³-hybridized carbons (Fsp3) is 0.400. The van der Waals surface area contributed by atoms with Crippen molar-refractivity contribution < 1.29 is 4.79 Å². The molecule has 3 aromatic rings. The molecule has 9 nitrogen and oxygen atoms in total. The van der Waals surface area contributed by atoms with Crippen LogP contribution < -0.4 is 16.4 Å². The number of nitrogens with zero attached hydrogens (tertiary/aromatic N) is 5. The number of aromatic nitrogens is 3. The summed E-state index contributed by atoms with van der Waals surface area (Å²) in [6.45, 7) is 6.09. The number of pyridine rings is 2. The van der Waals surface area contributed by atoms with E-state index in [-0.39, 0.29) is 22.9 Å². The van der Waals surface area contributed by atoms with E-state index in [4.69, 9.17) is 5.73 Å². The Bertz CT molecular complexity index is 1180. The molecule has 4 heterocycles. The van der Waals surface area contributed by atoms with E-state index in [1.807, 2.05) is 31.3 Å². The summed E-state index contributed by atoms with van der Waals surface area (Å²) in [4.78, 5) is 29.6. The number of hydrogen-bond acceptors (Lipinski definition) is 9. The number of rotatable bonds is 9. The summed E-state index contributed by atoms with van der Waals surface area (Å²) < 4.78 is 0. The standard InChI is InChI=1S/C25H30N8OS/c1-2-8-29-23-19(13-26)20(27)12-22(32-23)24(34)30-14-17-6-10-33(11-7-17)16-18-15-31-25(35-18)21-5-3-4-9-28-21/h3-5,9,12,15,17H,2,6-8,10-11,14,16H2,1H3,(H,30,34)(H3,27,29,32). The first-order valence-electron chi connectivity index (χ1n) is 11.9. The molecule has 0 atom stereocenters. The van der Waals surface area contributed by atoms with Gasteiger partial charge in [0, 0.05) is 36.9 Å². The van der Waals surface area contributed by atoms with Gasteiger partial charge in [-0.15, -0.1) is 11.3 Å². The van der Waals surface area contributed by atoms with Crippen molar-refractivity contribution in [2.75, 3.05) is 37.2 Å². The van der Waals surface area contributed by atoms with E-state index in [1.54, 1.807) is 17.5 Å². The van der Waals surface area contributed by atoms with Gasteiger partial charge in [0.2, 0.25) is 0 Å². The molecular weight excluding hydrogens is 460 g/mol. The molecule has 4 rings (SSSR count). The Kier molecular flexibility index (Phi) is 8.23. The lowest BCUT2D eigenvalue weighted by atomic mass is 9.96. The van der Waals surface area contributed by atoms with Crippen LogP contribution in [0.4, 0.5) is 11.5 Å². The number of nitrogens with two attached hydrogens (primary N) is 1. The van der Waals surface area contributed by atoms with Crippen LogP contribution in [0.15, 0.2) is 36.7 Å². The number of nitrogen functional groups attached to an aromatic ring is 1. The van der Waals surface area contributed by atoms with E-state index >= 15 is 0 Å². The predicted molar refractivity (Wildman–Crippen MR) is 138 cm³/mol. The minimum absolute atomic E-state index is 0.228. The third-order valence-corrected chi connectivity index (χ3v) is 7.02. The van der Waals surface area contributed by atoms with Gasteiger partial charge in [-0.2, -0.15) is 5.26 Å². The maximum Gasteiger partial charge on any atom is 0.270 e. The third kappa shape index (κ3) is 6.32. The van der Waals surface area contributed by atoms with Gasteiger partial charge in [-0.3, -0.25) is 14.7 Å². The average molecular weight is 491 g/mol. The summed E-state index contributed by atoms with van der Waals surface area (Å²) in [5, 5.41) is 16.4. The monoisotopic (exact) mass is 490 g/mol. The first kappa shape index (κ1) is 24.6. The molecule has 10 heteroatoms. The topological polar surface area (TPSA) is 133 Å². The second-order valence-corrected chi connectivity index (χ2v) is 9.75. The number of thiazole rings is 1. The molecule has 35 heavy (non-hydrogen) atoms. The Morgan fingerprint density at radius 1 is 1.31 bits per heavy atom. The molecule has 0 aromatic carbocycles. The molecule has 0 aliphatic carbocycles. The van der Waals surface area contributed by atoms with Crippen LogP contribution in [0.1, 0.15) is 47.1 Å². The van der Waals surface area contributed by atoms with Crippen molar-refractivity contribution in [1.29, 1.82) is 5.26 Å². The molecule has 1 aliphatic heterocycles. The van der Waals surface area contributed by atoms with Gasteiger partial charge in [-0.1, -0.05) is 13.0 Å². The lowest BCUT2D eigenvalue weighted by Gasteiger charge is -2.31. The SMILES string of the molecule is CCCNc1nc(C(=O)NCC2CCN(Cc3cnc(-c4ccccn4)s3)CC2)cc(N)c1C#N. The molecule has 182 valence electrons. The Morgan fingerprint density at radius 3 is 2.86 bits per heavy atom. The van der Waals surface area contributed by atoms with Crippen LogP contribution in [-0.2, 0) is 6.54 Å². The maximum absolute atomic E-state index is 12.7. The zero-order chi connectivity index (χ0) is 24.6. The van der Waals surface area contributed by atoms with Crippen molar-refractivity contribution in [3.05, 3.63) is 52.8 Å². The minimum Gasteiger partial charge on any atom is -0.397 e. The molecule has 1 fully saturated rings. The summed E-state index contributed by atoms with van der Waals surface area (Å²) in [7, 11) is 0. The number of carbonyl (C=O) groups is 1. The molecule has 3 aromatic heterocycles. The number of piperidine rings is 1. The summed E-state index contributed by atoms with van der Waals surface area (Å²) in [5.41, 5.74) is 7.67. The average Bonchev–Trinajstić information content (AvgIpc) is 3.35. The quantitative estimate of drug-likeness (QED) is 0.415. The predicted octanol–water partition coefficient (Wildman–Crippen LogP) is 3.52. The zero-order valence-electron chi connectivity index (χ0n) is 19.8. The number of nitriles is 1. The maximum atomic E-state index is 12.7. The fourth-order valence-corrected chi connectivity index (χ4v) is 4.99. The van der Waals surface area contributed by atoms with Crippen LogP contribution in [0.3, 0.4) is 0 Å². The van der Waals surface area contributed by atoms with E-state index in [1.165, 1.54) is 10.9 Å². The molecule has 0 spiro atoms. The zero-order valence-corrected chi connectivity index (χ0v) is 20.6. The van der Waals surface area contributed by atoms with E-state index in [0.29, 0.717) is 24.8 Å². The van der Waals surface area contributed by atoms with E-state index in [2.05, 4.69) is 36.6 Å². The highest BCUT2D eigenvalue weighted by Crippen LogP contribution is 2.26. The highest BCUT2D eigenvalue weighted by molar-refractivity contribution is 7.14. The molecule has 4 N–H and O–H groups in total. The van der Waals surface area contributed by atoms with Gasteiger partial charge < -0.3 is 16.4 Å². The summed E-state index contributed by atoms with van der Waals surface area (Å²) in [6, 6.07) is 9.39. The fourth-order valence-electron chi connectivity index (χ4n) is 4.05. The van der Waals surface area contributed by atoms with Gasteiger partial charge in [0.1, 0.15) is 28.2 Å². The van der Waals surface area contributed by atoms with E-state index in [0.717, 1.165) is 49.6 Å². The lowest BCUT2D eigenvalue weighted by molar-refractivity contribution is 0.0930. The van der Waals surface area contributed by atoms with Crippen molar-refractivity contribution >= 4 is 28.7 Å². The van der Waals surface area contributed by atoms with Crippen molar-refractivity contribution in [2.45, 2.75) is 32.7 Å². The van der Waals surface area contributed by atoms with Crippen LogP contribution in [0.25, 0.3) is 10.7 Å². The molecule has 1 saturated heterocycles. The van der Waals surface area contributed by atoms with Crippen LogP contribution in [0, 0.1) is 17.2 Å². The largest absolute Gasteiger partial charge is 0.397 e. The number of amides is 1. The second-order valence-electron chi connectivity index (χ2n) is 8.64. The first-order chi connectivity index (χ1) is 17.1. The van der Waals surface area contributed by atoms with E-state index in [9.17, 15) is 10.1 Å². The van der Waals surface area contributed by atoms with Gasteiger partial charge in [-0.25, -0.2) is 9.97 Å². The molecule has 0 saturated carbocycles. The van der Waals surface area contributed by atoms with Gasteiger partial charge in [-0.05, 0) is 56.5 Å². The van der Waals surface area contributed by atoms with Crippen LogP contribution >= 0.6 is 11.3 Å². The first-order valence-corrected chi connectivity index (χ1v) is 12.7. The normalized spacial score (nSPS) is 14.4. The summed E-state index contributed by atoms with van der Waals surface area (Å²) in [6.07, 6.45) is 6.63. The third-order valence-electron chi connectivity index (χ3n) is 6.01. The van der Waals surface area contributed by atoms with Crippen molar-refractivity contribution in [2.24, 2.45) is 5.92 Å². The van der Waals surface area contributed by atoms with Gasteiger partial charge in [0.05, 0.1) is 11.4 Å². The Balaban J connectivity index is 1.26. The molecule has 1 amide bonds. The molecule has 1 aliphatic rings. The summed E-state index contributed by atoms with van der Waals surface area (Å²) in [5.74, 6) is 0.506. The smallest absolute Gasteiger partial charge is 0.270 e. The Morgan fingerprint density at radius 2 is 2.14 bits per heavy atom. The van der Waals surface area contributed by atoms with Gasteiger partial charge >= 0.3 is 0 Å². The Labute approximate surface area is 209 Å². The highest BCUT2D eigenvalue weighted by Gasteiger charge is 2.22. The van der Waals surface area contributed by atoms with E-state index < -0.39 is 0 Å². The summed E-state index contributed by atoms with van der Waals surface area (Å²) >= 11 is 1.69. The number of likely N-dealkylation sites (tertiary alicyclic amines) is 1. The number of hydrogen-bond donors (Lipinski definition) is 3.